The van der Waals surface area contributed by atoms with Crippen LogP contribution in [0.1, 0.15) is 98.8 Å². The van der Waals surface area contributed by atoms with Gasteiger partial charge in [-0.15, -0.1) is 0 Å². The van der Waals surface area contributed by atoms with Crippen LogP contribution in [-0.4, -0.2) is 135 Å². The molecule has 5 aliphatic heterocycles. The number of ether oxygens (including phenoxy) is 5. The zero-order valence-corrected chi connectivity index (χ0v) is 33.9. The number of carbonyl (C=O) groups is 3. The summed E-state index contributed by atoms with van der Waals surface area (Å²) in [4.78, 5) is 43.9. The molecule has 5 N–H and O–H groups in total. The van der Waals surface area contributed by atoms with Crippen LogP contribution >= 0.6 is 0 Å². The fourth-order valence-electron chi connectivity index (χ4n) is 10.1. The van der Waals surface area contributed by atoms with Gasteiger partial charge in [0.15, 0.2) is 5.79 Å². The van der Waals surface area contributed by atoms with Crippen LogP contribution < -0.4 is 0 Å². The predicted octanol–water partition coefficient (Wildman–Crippen LogP) is 2.56. The number of allylic oxidation sites excluding steroid dienone is 1. The molecule has 5 bridgehead atoms. The summed E-state index contributed by atoms with van der Waals surface area (Å²) in [6.07, 6.45) is 1.81. The third-order valence-electron chi connectivity index (χ3n) is 13.7. The molecule has 5 heterocycles. The fraction of sp³-hybridized carbons (Fsp3) is 0.833. The van der Waals surface area contributed by atoms with Crippen LogP contribution in [-0.2, 0) is 38.1 Å². The second kappa shape index (κ2) is 17.5. The van der Waals surface area contributed by atoms with Crippen LogP contribution in [0.4, 0.5) is 0 Å². The van der Waals surface area contributed by atoms with Crippen molar-refractivity contribution in [2.45, 2.75) is 159 Å². The molecule has 3 unspecified atom stereocenters. The van der Waals surface area contributed by atoms with E-state index in [4.69, 9.17) is 23.7 Å². The van der Waals surface area contributed by atoms with E-state index >= 15 is 0 Å². The average molecular weight is 792 g/mol. The van der Waals surface area contributed by atoms with Gasteiger partial charge in [0.2, 0.25) is 5.79 Å². The predicted molar refractivity (Wildman–Crippen MR) is 201 cm³/mol. The van der Waals surface area contributed by atoms with Crippen LogP contribution in [0.5, 0.6) is 0 Å². The summed E-state index contributed by atoms with van der Waals surface area (Å²) in [5.41, 5.74) is 1.57. The number of amides is 1. The van der Waals surface area contributed by atoms with Crippen molar-refractivity contribution in [3.05, 3.63) is 23.3 Å². The molecule has 0 spiro atoms. The van der Waals surface area contributed by atoms with E-state index in [-0.39, 0.29) is 62.2 Å². The Kier molecular flexibility index (Phi) is 13.6. The van der Waals surface area contributed by atoms with Crippen molar-refractivity contribution in [3.8, 4) is 0 Å². The molecule has 6 rings (SSSR count). The van der Waals surface area contributed by atoms with E-state index in [1.165, 1.54) is 4.90 Å². The molecule has 1 amide bonds. The van der Waals surface area contributed by atoms with Gasteiger partial charge in [-0.1, -0.05) is 45.4 Å². The maximum absolute atomic E-state index is 14.3. The van der Waals surface area contributed by atoms with Crippen molar-refractivity contribution in [3.63, 3.8) is 0 Å². The Labute approximate surface area is 330 Å². The molecule has 1 saturated carbocycles. The Hall–Kier alpha value is -2.27. The summed E-state index contributed by atoms with van der Waals surface area (Å²) in [6.45, 7) is 9.84. The number of Topliss-reactive ketones (excluding diaryl/α,β-unsaturated/α-hetero) is 1. The van der Waals surface area contributed by atoms with Crippen molar-refractivity contribution >= 4 is 17.7 Å². The second-order valence-corrected chi connectivity index (χ2v) is 18.0. The first-order valence-electron chi connectivity index (χ1n) is 20.8. The highest BCUT2D eigenvalue weighted by atomic mass is 16.7. The minimum Gasteiger partial charge on any atom is -0.456 e. The highest BCUT2D eigenvalue weighted by Gasteiger charge is 2.56. The number of rotatable bonds is 3. The molecule has 0 radical (unpaired) electrons. The zero-order chi connectivity index (χ0) is 40.7. The molecular weight excluding hydrogens is 726 g/mol. The Morgan fingerprint density at radius 3 is 2.39 bits per heavy atom. The number of nitrogens with zero attached hydrogens (tertiary/aromatic N) is 1. The van der Waals surface area contributed by atoms with Crippen molar-refractivity contribution < 1.29 is 63.6 Å². The van der Waals surface area contributed by atoms with Gasteiger partial charge >= 0.3 is 5.97 Å². The minimum absolute atomic E-state index is 0.0726. The highest BCUT2D eigenvalue weighted by Crippen LogP contribution is 2.43. The maximum Gasteiger partial charge on any atom is 0.329 e. The average Bonchev–Trinajstić information content (AvgIpc) is 3.17. The van der Waals surface area contributed by atoms with Crippen LogP contribution in [0.2, 0.25) is 0 Å². The van der Waals surface area contributed by atoms with E-state index in [1.54, 1.807) is 27.9 Å². The van der Waals surface area contributed by atoms with Crippen molar-refractivity contribution in [2.24, 2.45) is 35.5 Å². The first-order valence-corrected chi connectivity index (χ1v) is 20.8. The minimum atomic E-state index is -2.46. The Morgan fingerprint density at radius 2 is 1.68 bits per heavy atom. The number of aliphatic hydroxyl groups is 5. The number of hydrogen-bond donors (Lipinski definition) is 5. The summed E-state index contributed by atoms with van der Waals surface area (Å²) in [7, 11) is 1.55. The number of ketones is 1. The molecule has 56 heavy (non-hydrogen) atoms. The lowest BCUT2D eigenvalue weighted by Gasteiger charge is -2.47. The van der Waals surface area contributed by atoms with Gasteiger partial charge in [-0.3, -0.25) is 9.59 Å². The number of aliphatic hydroxyl groups excluding tert-OH is 3. The van der Waals surface area contributed by atoms with Crippen molar-refractivity contribution in [1.82, 2.24) is 4.90 Å². The molecule has 14 nitrogen and oxygen atoms in total. The Bertz CT molecular complexity index is 1500. The SMILES string of the molecule is CO[C@H]1C[C@@H](C)C2C=C3CC(O)(C[C@H](O)[C@@H](C)[C@@H](/C(C)=C/[C@H]4CC[C@@H](O)[C@H](O)C4)OC(=O)[C@@H]4CCCCN4C(=O)C(=O)[C@]4(O)O[C@H]1[C@@H](C)C[C@H]4C)OCC3CO2. The zero-order valence-electron chi connectivity index (χ0n) is 33.9. The quantitative estimate of drug-likeness (QED) is 0.159. The third-order valence-corrected chi connectivity index (χ3v) is 13.7. The lowest BCUT2D eigenvalue weighted by molar-refractivity contribution is -0.290. The van der Waals surface area contributed by atoms with Gasteiger partial charge in [-0.25, -0.2) is 4.79 Å². The van der Waals surface area contributed by atoms with Crippen LogP contribution in [0.25, 0.3) is 0 Å². The lowest BCUT2D eigenvalue weighted by atomic mass is 9.78. The van der Waals surface area contributed by atoms with Crippen molar-refractivity contribution in [2.75, 3.05) is 26.9 Å². The molecule has 1 aliphatic carbocycles. The number of methoxy groups -OCH3 is 1. The Balaban J connectivity index is 1.37. The summed E-state index contributed by atoms with van der Waals surface area (Å²) < 4.78 is 30.8. The normalized spacial score (nSPS) is 46.3. The lowest BCUT2D eigenvalue weighted by Crippen LogP contribution is -2.63. The number of hydrogen-bond acceptors (Lipinski definition) is 13. The van der Waals surface area contributed by atoms with E-state index in [1.807, 2.05) is 26.0 Å². The standard InChI is InChI=1S/C42H65NO13/c1-22-15-35(52-6)37-23(2)13-25(4)42(51,56-37)38(47)39(48)43-12-8-7-9-30(43)40(49)55-36(24(3)14-27-10-11-31(44)32(45)16-27)26(5)33(46)19-41(50)18-28-17-34(22)53-20-29(28)21-54-41/h14,17,22-23,25-27,29-37,44-46,50-51H,7-13,15-16,18-21H2,1-6H3/b24-14+/t22-,23+,25-,26-,27-,29?,30+,31-,32-,33+,34?,35+,36-,37+,41?,42-/m1/s1. The first-order chi connectivity index (χ1) is 26.4. The molecule has 16 atom stereocenters. The molecule has 4 fully saturated rings. The van der Waals surface area contributed by atoms with Crippen LogP contribution in [0.15, 0.2) is 23.3 Å². The number of esters is 1. The molecule has 14 heteroatoms. The summed E-state index contributed by atoms with van der Waals surface area (Å²) in [5.74, 6) is -9.02. The molecule has 0 aromatic rings. The van der Waals surface area contributed by atoms with E-state index in [0.717, 1.165) is 5.57 Å². The van der Waals surface area contributed by atoms with Gasteiger partial charge in [0.1, 0.15) is 12.1 Å². The van der Waals surface area contributed by atoms with E-state index in [2.05, 4.69) is 0 Å². The smallest absolute Gasteiger partial charge is 0.329 e. The second-order valence-electron chi connectivity index (χ2n) is 18.0. The van der Waals surface area contributed by atoms with Gasteiger partial charge in [0.25, 0.3) is 11.7 Å². The molecule has 6 aliphatic rings. The monoisotopic (exact) mass is 791 g/mol. The van der Waals surface area contributed by atoms with Gasteiger partial charge in [0, 0.05) is 44.2 Å². The van der Waals surface area contributed by atoms with Crippen LogP contribution in [0.3, 0.4) is 0 Å². The van der Waals surface area contributed by atoms with Crippen LogP contribution in [0, 0.1) is 35.5 Å². The largest absolute Gasteiger partial charge is 0.456 e. The number of carbonyl (C=O) groups excluding carboxylic acids is 3. The molecule has 0 aromatic carbocycles. The fourth-order valence-corrected chi connectivity index (χ4v) is 10.1. The number of fused-ring (bicyclic) bond motifs is 5. The number of piperidine rings is 1. The summed E-state index contributed by atoms with van der Waals surface area (Å²) in [5, 5.41) is 56.2. The highest BCUT2D eigenvalue weighted by molar-refractivity contribution is 6.39. The van der Waals surface area contributed by atoms with Gasteiger partial charge in [-0.05, 0) is 81.6 Å². The number of cyclic esters (lactones) is 1. The van der Waals surface area contributed by atoms with E-state index in [9.17, 15) is 39.9 Å². The van der Waals surface area contributed by atoms with Crippen molar-refractivity contribution in [1.29, 1.82) is 0 Å². The Morgan fingerprint density at radius 1 is 0.929 bits per heavy atom. The van der Waals surface area contributed by atoms with Gasteiger partial charge in [0.05, 0.1) is 49.8 Å². The summed E-state index contributed by atoms with van der Waals surface area (Å²) >= 11 is 0. The molecule has 316 valence electrons. The molecule has 3 saturated heterocycles. The van der Waals surface area contributed by atoms with Gasteiger partial charge < -0.3 is 54.1 Å². The topological polar surface area (TPSA) is 202 Å². The van der Waals surface area contributed by atoms with E-state index in [0.29, 0.717) is 57.1 Å². The molecule has 0 aromatic heterocycles. The van der Waals surface area contributed by atoms with E-state index < -0.39 is 83.7 Å². The van der Waals surface area contributed by atoms with Gasteiger partial charge in [-0.2, -0.15) is 0 Å². The first kappa shape index (κ1) is 43.3. The molecular formula is C42H65NO13. The maximum atomic E-state index is 14.3. The third kappa shape index (κ3) is 8.98. The summed E-state index contributed by atoms with van der Waals surface area (Å²) in [6, 6.07) is -1.14.